The quantitative estimate of drug-likeness (QED) is 0.574. The van der Waals surface area contributed by atoms with Gasteiger partial charge in [0.1, 0.15) is 5.69 Å². The largest absolute Gasteiger partial charge is 0.350 e. The molecule has 1 aromatic carbocycles. The summed E-state index contributed by atoms with van der Waals surface area (Å²) in [6.07, 6.45) is 2.42. The summed E-state index contributed by atoms with van der Waals surface area (Å²) in [5.74, 6) is 6.01. The van der Waals surface area contributed by atoms with E-state index in [2.05, 4.69) is 15.7 Å². The summed E-state index contributed by atoms with van der Waals surface area (Å²) < 4.78 is 0. The molecule has 0 bridgehead atoms. The number of hydrazine groups is 1. The van der Waals surface area contributed by atoms with Gasteiger partial charge in [0.2, 0.25) is 0 Å². The number of rotatable bonds is 4. The first-order valence-electron chi connectivity index (χ1n) is 6.42. The highest BCUT2D eigenvalue weighted by Gasteiger charge is 2.22. The minimum Gasteiger partial charge on any atom is -0.350 e. The Morgan fingerprint density at radius 3 is 2.89 bits per heavy atom. The molecule has 0 radical (unpaired) electrons. The van der Waals surface area contributed by atoms with Gasteiger partial charge in [0.05, 0.1) is 11.2 Å². The minimum atomic E-state index is -0.144. The molecule has 19 heavy (non-hydrogen) atoms. The molecule has 0 saturated heterocycles. The van der Waals surface area contributed by atoms with Crippen LogP contribution in [0.4, 0.5) is 5.69 Å². The van der Waals surface area contributed by atoms with Gasteiger partial charge in [-0.3, -0.25) is 10.6 Å². The third-order valence-corrected chi connectivity index (χ3v) is 3.35. The highest BCUT2D eigenvalue weighted by atomic mass is 16.1. The Bertz CT molecular complexity index is 622. The van der Waals surface area contributed by atoms with Gasteiger partial charge >= 0.3 is 0 Å². The van der Waals surface area contributed by atoms with Crippen LogP contribution in [-0.2, 0) is 0 Å². The number of anilines is 1. The molecule has 0 aliphatic heterocycles. The number of benzene rings is 1. The summed E-state index contributed by atoms with van der Waals surface area (Å²) in [5, 5.41) is 3.81. The number of nitrogens with two attached hydrogens (primary N) is 1. The maximum atomic E-state index is 12.0. The molecule has 1 heterocycles. The molecule has 1 aromatic heterocycles. The van der Waals surface area contributed by atoms with Crippen molar-refractivity contribution in [3.63, 3.8) is 0 Å². The van der Waals surface area contributed by atoms with Crippen molar-refractivity contribution in [2.24, 2.45) is 11.8 Å². The van der Waals surface area contributed by atoms with Crippen molar-refractivity contribution in [2.45, 2.75) is 12.8 Å². The maximum absolute atomic E-state index is 12.0. The number of hydrogen-bond donors (Lipinski definition) is 3. The molecular weight excluding hydrogens is 240 g/mol. The topological polar surface area (TPSA) is 80.0 Å². The van der Waals surface area contributed by atoms with Gasteiger partial charge in [-0.05, 0) is 30.9 Å². The van der Waals surface area contributed by atoms with Crippen molar-refractivity contribution in [3.8, 4) is 0 Å². The van der Waals surface area contributed by atoms with Gasteiger partial charge in [-0.1, -0.05) is 18.2 Å². The molecule has 0 atom stereocenters. The molecule has 1 amide bonds. The number of nitrogens with one attached hydrogen (secondary N) is 2. The molecule has 98 valence electrons. The Kier molecular flexibility index (Phi) is 3.05. The van der Waals surface area contributed by atoms with Crippen molar-refractivity contribution in [3.05, 3.63) is 36.0 Å². The van der Waals surface area contributed by atoms with Gasteiger partial charge in [-0.2, -0.15) is 0 Å². The molecule has 5 heteroatoms. The van der Waals surface area contributed by atoms with Crippen molar-refractivity contribution in [1.29, 1.82) is 0 Å². The van der Waals surface area contributed by atoms with E-state index in [4.69, 9.17) is 5.84 Å². The number of carbonyl (C=O) groups is 1. The number of amides is 1. The summed E-state index contributed by atoms with van der Waals surface area (Å²) in [6, 6.07) is 9.28. The van der Waals surface area contributed by atoms with Crippen molar-refractivity contribution < 1.29 is 4.79 Å². The predicted molar refractivity (Wildman–Crippen MR) is 74.6 cm³/mol. The van der Waals surface area contributed by atoms with Gasteiger partial charge in [-0.25, -0.2) is 4.98 Å². The Morgan fingerprint density at radius 1 is 1.37 bits per heavy atom. The van der Waals surface area contributed by atoms with Crippen LogP contribution in [0.25, 0.3) is 10.9 Å². The first-order valence-corrected chi connectivity index (χ1v) is 6.42. The standard InChI is InChI=1S/C14H16N4O/c15-18-12-7-13(14(19)16-8-9-5-6-9)17-11-4-2-1-3-10(11)12/h1-4,7,9H,5-6,8,15H2,(H,16,19)(H,17,18). The fourth-order valence-corrected chi connectivity index (χ4v) is 2.06. The summed E-state index contributed by atoms with van der Waals surface area (Å²) >= 11 is 0. The van der Waals surface area contributed by atoms with Gasteiger partial charge in [-0.15, -0.1) is 0 Å². The third-order valence-electron chi connectivity index (χ3n) is 3.35. The van der Waals surface area contributed by atoms with Gasteiger partial charge in [0.25, 0.3) is 5.91 Å². The van der Waals surface area contributed by atoms with E-state index >= 15 is 0 Å². The SMILES string of the molecule is NNc1cc(C(=O)NCC2CC2)nc2ccccc12. The monoisotopic (exact) mass is 256 g/mol. The number of para-hydroxylation sites is 1. The fraction of sp³-hybridized carbons (Fsp3) is 0.286. The van der Waals surface area contributed by atoms with E-state index in [1.54, 1.807) is 6.07 Å². The minimum absolute atomic E-state index is 0.144. The normalized spacial score (nSPS) is 14.4. The zero-order valence-electron chi connectivity index (χ0n) is 10.5. The van der Waals surface area contributed by atoms with Crippen molar-refractivity contribution >= 4 is 22.5 Å². The van der Waals surface area contributed by atoms with Crippen LogP contribution >= 0.6 is 0 Å². The van der Waals surface area contributed by atoms with Crippen LogP contribution in [0.5, 0.6) is 0 Å². The lowest BCUT2D eigenvalue weighted by Gasteiger charge is -2.09. The fourth-order valence-electron chi connectivity index (χ4n) is 2.06. The number of nitrogens with zero attached hydrogens (tertiary/aromatic N) is 1. The first-order chi connectivity index (χ1) is 9.28. The second-order valence-electron chi connectivity index (χ2n) is 4.87. The third kappa shape index (κ3) is 2.51. The molecule has 5 nitrogen and oxygen atoms in total. The lowest BCUT2D eigenvalue weighted by atomic mass is 10.1. The molecule has 4 N–H and O–H groups in total. The van der Waals surface area contributed by atoms with Gasteiger partial charge in [0.15, 0.2) is 0 Å². The van der Waals surface area contributed by atoms with E-state index in [1.807, 2.05) is 24.3 Å². The number of hydrogen-bond acceptors (Lipinski definition) is 4. The highest BCUT2D eigenvalue weighted by molar-refractivity contribution is 5.99. The Balaban J connectivity index is 1.91. The van der Waals surface area contributed by atoms with Crippen LogP contribution < -0.4 is 16.6 Å². The van der Waals surface area contributed by atoms with E-state index < -0.39 is 0 Å². The Labute approximate surface area is 111 Å². The van der Waals surface area contributed by atoms with E-state index in [1.165, 1.54) is 12.8 Å². The van der Waals surface area contributed by atoms with Crippen molar-refractivity contribution in [2.75, 3.05) is 12.0 Å². The smallest absolute Gasteiger partial charge is 0.269 e. The average molecular weight is 256 g/mol. The summed E-state index contributed by atoms with van der Waals surface area (Å²) in [7, 11) is 0. The molecule has 1 aliphatic carbocycles. The van der Waals surface area contributed by atoms with E-state index in [-0.39, 0.29) is 5.91 Å². The van der Waals surface area contributed by atoms with Crippen LogP contribution in [0.3, 0.4) is 0 Å². The number of pyridine rings is 1. The van der Waals surface area contributed by atoms with E-state index in [0.29, 0.717) is 17.3 Å². The second-order valence-corrected chi connectivity index (χ2v) is 4.87. The Hall–Kier alpha value is -2.14. The maximum Gasteiger partial charge on any atom is 0.269 e. The van der Waals surface area contributed by atoms with Crippen LogP contribution in [0.1, 0.15) is 23.3 Å². The molecule has 2 aromatic rings. The highest BCUT2D eigenvalue weighted by Crippen LogP contribution is 2.27. The van der Waals surface area contributed by atoms with Crippen molar-refractivity contribution in [1.82, 2.24) is 10.3 Å². The lowest BCUT2D eigenvalue weighted by molar-refractivity contribution is 0.0947. The van der Waals surface area contributed by atoms with Gasteiger partial charge in [0, 0.05) is 11.9 Å². The number of nitrogen functional groups attached to an aromatic ring is 1. The molecule has 1 fully saturated rings. The van der Waals surface area contributed by atoms with Gasteiger partial charge < -0.3 is 10.7 Å². The zero-order chi connectivity index (χ0) is 13.2. The Morgan fingerprint density at radius 2 is 2.16 bits per heavy atom. The molecule has 0 unspecified atom stereocenters. The summed E-state index contributed by atoms with van der Waals surface area (Å²) in [6.45, 7) is 0.735. The molecule has 1 saturated carbocycles. The molecule has 0 spiro atoms. The molecule has 1 aliphatic rings. The number of carbonyl (C=O) groups excluding carboxylic acids is 1. The van der Waals surface area contributed by atoms with Crippen LogP contribution in [0.2, 0.25) is 0 Å². The second kappa shape index (κ2) is 4.85. The number of aromatic nitrogens is 1. The summed E-state index contributed by atoms with van der Waals surface area (Å²) in [4.78, 5) is 16.4. The van der Waals surface area contributed by atoms with Crippen LogP contribution in [0, 0.1) is 5.92 Å². The molecule has 3 rings (SSSR count). The zero-order valence-corrected chi connectivity index (χ0v) is 10.5. The average Bonchev–Trinajstić information content (AvgIpc) is 3.27. The number of fused-ring (bicyclic) bond motifs is 1. The molecular formula is C14H16N4O. The predicted octanol–water partition coefficient (Wildman–Crippen LogP) is 1.66. The van der Waals surface area contributed by atoms with Crippen LogP contribution in [0.15, 0.2) is 30.3 Å². The lowest BCUT2D eigenvalue weighted by Crippen LogP contribution is -2.26. The van der Waals surface area contributed by atoms with Crippen LogP contribution in [-0.4, -0.2) is 17.4 Å². The van der Waals surface area contributed by atoms with E-state index in [0.717, 1.165) is 17.4 Å². The summed E-state index contributed by atoms with van der Waals surface area (Å²) in [5.41, 5.74) is 4.49. The first kappa shape index (κ1) is 11.9. The van der Waals surface area contributed by atoms with E-state index in [9.17, 15) is 4.79 Å².